The highest BCUT2D eigenvalue weighted by atomic mass is 15.1. The Labute approximate surface area is 101 Å². The van der Waals surface area contributed by atoms with Gasteiger partial charge in [0, 0.05) is 0 Å². The molecule has 0 aromatic heterocycles. The van der Waals surface area contributed by atoms with Crippen LogP contribution >= 0.6 is 0 Å². The van der Waals surface area contributed by atoms with Gasteiger partial charge in [-0.1, -0.05) is 37.1 Å². The molecule has 1 aliphatic heterocycles. The maximum absolute atomic E-state index is 2.45. The molecule has 16 heavy (non-hydrogen) atoms. The lowest BCUT2D eigenvalue weighted by atomic mass is 9.84. The van der Waals surface area contributed by atoms with Crippen molar-refractivity contribution in [2.75, 3.05) is 20.1 Å². The SMILES string of the molecule is CC.CC1=CC=C(C2CCN(C)CC2)CC1. The average molecular weight is 221 g/mol. The largest absolute Gasteiger partial charge is 0.306 e. The lowest BCUT2D eigenvalue weighted by Gasteiger charge is -2.31. The van der Waals surface area contributed by atoms with E-state index in [4.69, 9.17) is 0 Å². The topological polar surface area (TPSA) is 3.24 Å². The van der Waals surface area contributed by atoms with Gasteiger partial charge in [0.15, 0.2) is 0 Å². The summed E-state index contributed by atoms with van der Waals surface area (Å²) in [5.74, 6) is 0.885. The third kappa shape index (κ3) is 3.79. The predicted molar refractivity (Wildman–Crippen MR) is 72.6 cm³/mol. The Hall–Kier alpha value is -0.560. The van der Waals surface area contributed by atoms with Crippen molar-refractivity contribution in [1.29, 1.82) is 0 Å². The predicted octanol–water partition coefficient (Wildman–Crippen LogP) is 4.02. The van der Waals surface area contributed by atoms with E-state index in [0.29, 0.717) is 0 Å². The second-order valence-electron chi connectivity index (χ2n) is 4.83. The number of allylic oxidation sites excluding steroid dienone is 4. The molecule has 0 bridgehead atoms. The van der Waals surface area contributed by atoms with Crippen molar-refractivity contribution in [2.24, 2.45) is 5.92 Å². The molecule has 1 heteroatoms. The van der Waals surface area contributed by atoms with E-state index in [1.807, 2.05) is 13.8 Å². The highest BCUT2D eigenvalue weighted by molar-refractivity contribution is 5.24. The molecule has 92 valence electrons. The molecule has 0 atom stereocenters. The van der Waals surface area contributed by atoms with E-state index in [2.05, 4.69) is 31.0 Å². The summed E-state index contributed by atoms with van der Waals surface area (Å²) in [5, 5.41) is 0. The molecule has 0 saturated carbocycles. The summed E-state index contributed by atoms with van der Waals surface area (Å²) in [6, 6.07) is 0. The molecule has 0 aromatic rings. The Bertz CT molecular complexity index is 255. The van der Waals surface area contributed by atoms with Crippen molar-refractivity contribution >= 4 is 0 Å². The summed E-state index contributed by atoms with van der Waals surface area (Å²) < 4.78 is 0. The number of hydrogen-bond donors (Lipinski definition) is 0. The third-order valence-electron chi connectivity index (χ3n) is 3.63. The van der Waals surface area contributed by atoms with Crippen LogP contribution in [0.5, 0.6) is 0 Å². The normalized spacial score (nSPS) is 23.0. The van der Waals surface area contributed by atoms with Gasteiger partial charge in [-0.05, 0) is 58.7 Å². The minimum atomic E-state index is 0.885. The lowest BCUT2D eigenvalue weighted by molar-refractivity contribution is 0.235. The van der Waals surface area contributed by atoms with E-state index in [9.17, 15) is 0 Å². The van der Waals surface area contributed by atoms with Gasteiger partial charge in [-0.15, -0.1) is 0 Å². The minimum Gasteiger partial charge on any atom is -0.306 e. The molecule has 0 amide bonds. The minimum absolute atomic E-state index is 0.885. The zero-order valence-corrected chi connectivity index (χ0v) is 11.4. The van der Waals surface area contributed by atoms with Crippen LogP contribution in [0.3, 0.4) is 0 Å². The van der Waals surface area contributed by atoms with Crippen molar-refractivity contribution in [3.63, 3.8) is 0 Å². The monoisotopic (exact) mass is 221 g/mol. The fourth-order valence-electron chi connectivity index (χ4n) is 2.48. The molecule has 0 radical (unpaired) electrons. The molecule has 1 aliphatic carbocycles. The van der Waals surface area contributed by atoms with Crippen LogP contribution in [0.1, 0.15) is 46.5 Å². The average Bonchev–Trinajstić information content (AvgIpc) is 2.34. The van der Waals surface area contributed by atoms with Crippen LogP contribution in [-0.4, -0.2) is 25.0 Å². The lowest BCUT2D eigenvalue weighted by Crippen LogP contribution is -2.31. The molecule has 0 aromatic carbocycles. The number of likely N-dealkylation sites (tertiary alicyclic amines) is 1. The van der Waals surface area contributed by atoms with E-state index >= 15 is 0 Å². The number of piperidine rings is 1. The van der Waals surface area contributed by atoms with Crippen LogP contribution in [0.15, 0.2) is 23.3 Å². The zero-order valence-electron chi connectivity index (χ0n) is 11.4. The summed E-state index contributed by atoms with van der Waals surface area (Å²) in [6.45, 7) is 8.80. The molecule has 1 heterocycles. The van der Waals surface area contributed by atoms with Crippen molar-refractivity contribution in [3.8, 4) is 0 Å². The molecular formula is C15H27N. The van der Waals surface area contributed by atoms with Gasteiger partial charge in [0.2, 0.25) is 0 Å². The first-order valence-corrected chi connectivity index (χ1v) is 6.80. The van der Waals surface area contributed by atoms with E-state index in [1.54, 1.807) is 11.1 Å². The maximum atomic E-state index is 2.45. The Kier molecular flexibility index (Phi) is 5.83. The van der Waals surface area contributed by atoms with Crippen molar-refractivity contribution in [2.45, 2.75) is 46.5 Å². The van der Waals surface area contributed by atoms with Crippen molar-refractivity contribution < 1.29 is 0 Å². The van der Waals surface area contributed by atoms with Crippen molar-refractivity contribution in [1.82, 2.24) is 4.90 Å². The Morgan fingerprint density at radius 2 is 1.69 bits per heavy atom. The van der Waals surface area contributed by atoms with Gasteiger partial charge in [0.05, 0.1) is 0 Å². The van der Waals surface area contributed by atoms with Gasteiger partial charge in [-0.3, -0.25) is 0 Å². The van der Waals surface area contributed by atoms with Crippen molar-refractivity contribution in [3.05, 3.63) is 23.3 Å². The number of rotatable bonds is 1. The van der Waals surface area contributed by atoms with Crippen LogP contribution in [0.2, 0.25) is 0 Å². The summed E-state index contributed by atoms with van der Waals surface area (Å²) in [5.41, 5.74) is 3.25. The Morgan fingerprint density at radius 3 is 2.19 bits per heavy atom. The maximum Gasteiger partial charge on any atom is -0.00161 e. The summed E-state index contributed by atoms with van der Waals surface area (Å²) in [6.07, 6.45) is 10.0. The van der Waals surface area contributed by atoms with E-state index < -0.39 is 0 Å². The molecule has 0 N–H and O–H groups in total. The van der Waals surface area contributed by atoms with Crippen LogP contribution in [0.4, 0.5) is 0 Å². The molecular weight excluding hydrogens is 194 g/mol. The second kappa shape index (κ2) is 6.90. The van der Waals surface area contributed by atoms with E-state index in [1.165, 1.54) is 38.8 Å². The van der Waals surface area contributed by atoms with Gasteiger partial charge < -0.3 is 4.90 Å². The molecule has 2 aliphatic rings. The van der Waals surface area contributed by atoms with Crippen LogP contribution in [-0.2, 0) is 0 Å². The van der Waals surface area contributed by atoms with Gasteiger partial charge in [0.25, 0.3) is 0 Å². The van der Waals surface area contributed by atoms with Gasteiger partial charge in [0.1, 0.15) is 0 Å². The number of hydrogen-bond acceptors (Lipinski definition) is 1. The molecule has 1 fully saturated rings. The van der Waals surface area contributed by atoms with Gasteiger partial charge in [-0.25, -0.2) is 0 Å². The zero-order chi connectivity index (χ0) is 12.0. The molecule has 1 nitrogen and oxygen atoms in total. The first-order chi connectivity index (χ1) is 7.75. The Balaban J connectivity index is 0.000000606. The van der Waals surface area contributed by atoms with E-state index in [0.717, 1.165) is 5.92 Å². The fourth-order valence-corrected chi connectivity index (χ4v) is 2.48. The number of nitrogens with zero attached hydrogens (tertiary/aromatic N) is 1. The highest BCUT2D eigenvalue weighted by Gasteiger charge is 2.20. The quantitative estimate of drug-likeness (QED) is 0.646. The summed E-state index contributed by atoms with van der Waals surface area (Å²) in [7, 11) is 2.23. The Morgan fingerprint density at radius 1 is 1.06 bits per heavy atom. The first kappa shape index (κ1) is 13.5. The van der Waals surface area contributed by atoms with E-state index in [-0.39, 0.29) is 0 Å². The molecule has 1 saturated heterocycles. The first-order valence-electron chi connectivity index (χ1n) is 6.80. The third-order valence-corrected chi connectivity index (χ3v) is 3.63. The van der Waals surface area contributed by atoms with Crippen LogP contribution < -0.4 is 0 Å². The highest BCUT2D eigenvalue weighted by Crippen LogP contribution is 2.30. The van der Waals surface area contributed by atoms with Gasteiger partial charge >= 0.3 is 0 Å². The fraction of sp³-hybridized carbons (Fsp3) is 0.733. The molecule has 0 unspecified atom stereocenters. The molecule has 0 spiro atoms. The summed E-state index contributed by atoms with van der Waals surface area (Å²) >= 11 is 0. The molecule has 2 rings (SSSR count). The van der Waals surface area contributed by atoms with Crippen LogP contribution in [0, 0.1) is 5.92 Å². The van der Waals surface area contributed by atoms with Crippen LogP contribution in [0.25, 0.3) is 0 Å². The smallest absolute Gasteiger partial charge is 0.00161 e. The van der Waals surface area contributed by atoms with Gasteiger partial charge in [-0.2, -0.15) is 0 Å². The second-order valence-corrected chi connectivity index (χ2v) is 4.83. The summed E-state index contributed by atoms with van der Waals surface area (Å²) in [4.78, 5) is 2.45. The standard InChI is InChI=1S/C13H21N.C2H6/c1-11-3-5-12(6-4-11)13-7-9-14(2)10-8-13;1-2/h3,5,13H,4,6-10H2,1-2H3;1-2H3.